The number of halogens is 3. The molecule has 5 atom stereocenters. The molecule has 0 unspecified atom stereocenters. The zero-order valence-electron chi connectivity index (χ0n) is 29.8. The van der Waals surface area contributed by atoms with E-state index in [0.29, 0.717) is 54.8 Å². The maximum Gasteiger partial charge on any atom is 0.416 e. The molecule has 3 aromatic rings. The molecule has 0 radical (unpaired) electrons. The van der Waals surface area contributed by atoms with Crippen LogP contribution in [0.3, 0.4) is 0 Å². The molecule has 284 valence electrons. The van der Waals surface area contributed by atoms with Gasteiger partial charge in [0.05, 0.1) is 38.5 Å². The molecule has 1 saturated heterocycles. The third-order valence-electron chi connectivity index (χ3n) is 11.5. The summed E-state index contributed by atoms with van der Waals surface area (Å²) >= 11 is 1.34. The molecular weight excluding hydrogens is 728 g/mol. The highest BCUT2D eigenvalue weighted by atomic mass is 32.2. The second-order valence-corrected chi connectivity index (χ2v) is 18.8. The number of allylic oxidation sites excluding steroid dienone is 2. The standard InChI is InChI=1S/C39H44F3N3O6S2/c1-24-16-25(19-28(17-24)39(40,41)42)18-26-10-6-4-3-5-7-11-27-21-38(27,35(48)44-53(49,50)37(2)14-15-37)22-32(46)31-20-29(23-45(31)34(26)47)51-36-43-30-12-8-9-13-33(30)52-36/h7-9,11-13,16-17,19,26-27,29,31H,3-6,10,14-15,18,20-23H2,1-2H3,(H,44,48)/b11-7-/t26-,27+,29-,31+,38-/m1/s1. The van der Waals surface area contributed by atoms with Crippen LogP contribution in [0, 0.1) is 24.2 Å². The first-order valence-electron chi connectivity index (χ1n) is 18.3. The van der Waals surface area contributed by atoms with Gasteiger partial charge in [-0.2, -0.15) is 13.2 Å². The molecule has 9 nitrogen and oxygen atoms in total. The van der Waals surface area contributed by atoms with Gasteiger partial charge in [0.1, 0.15) is 6.10 Å². The molecule has 2 amide bonds. The van der Waals surface area contributed by atoms with Crippen molar-refractivity contribution < 1.29 is 40.7 Å². The molecule has 1 aromatic heterocycles. The molecular formula is C39H44F3N3O6S2. The van der Waals surface area contributed by atoms with Gasteiger partial charge < -0.3 is 9.64 Å². The van der Waals surface area contributed by atoms with Gasteiger partial charge in [0.15, 0.2) is 5.78 Å². The summed E-state index contributed by atoms with van der Waals surface area (Å²) in [5.74, 6) is -2.47. The number of thiazole rings is 1. The summed E-state index contributed by atoms with van der Waals surface area (Å²) in [5.41, 5.74) is -0.475. The zero-order chi connectivity index (χ0) is 37.8. The minimum Gasteiger partial charge on any atom is -0.465 e. The van der Waals surface area contributed by atoms with Gasteiger partial charge in [-0.1, -0.05) is 60.1 Å². The van der Waals surface area contributed by atoms with Crippen molar-refractivity contribution in [3.05, 3.63) is 71.3 Å². The number of fused-ring (bicyclic) bond motifs is 3. The van der Waals surface area contributed by atoms with E-state index in [1.165, 1.54) is 16.2 Å². The lowest BCUT2D eigenvalue weighted by molar-refractivity contribution is -0.142. The maximum absolute atomic E-state index is 14.6. The number of benzene rings is 2. The number of ether oxygens (including phenoxy) is 1. The second kappa shape index (κ2) is 14.1. The Morgan fingerprint density at radius 3 is 2.62 bits per heavy atom. The minimum atomic E-state index is -4.55. The van der Waals surface area contributed by atoms with Crippen molar-refractivity contribution in [1.82, 2.24) is 14.6 Å². The topological polar surface area (TPSA) is 123 Å². The van der Waals surface area contributed by atoms with Gasteiger partial charge in [0.25, 0.3) is 5.19 Å². The van der Waals surface area contributed by atoms with Gasteiger partial charge >= 0.3 is 6.18 Å². The van der Waals surface area contributed by atoms with Crippen LogP contribution in [0.25, 0.3) is 10.2 Å². The molecule has 2 aromatic carbocycles. The van der Waals surface area contributed by atoms with Crippen LogP contribution in [0.5, 0.6) is 5.19 Å². The fraction of sp³-hybridized carbons (Fsp3) is 0.538. The first-order valence-corrected chi connectivity index (χ1v) is 20.6. The third kappa shape index (κ3) is 7.90. The van der Waals surface area contributed by atoms with Gasteiger partial charge in [-0.25, -0.2) is 13.4 Å². The molecule has 0 spiro atoms. The number of nitrogens with zero attached hydrogens (tertiary/aromatic N) is 2. The van der Waals surface area contributed by atoms with E-state index in [0.717, 1.165) is 35.2 Å². The van der Waals surface area contributed by atoms with E-state index >= 15 is 0 Å². The molecule has 3 fully saturated rings. The number of Topliss-reactive ketones (excluding diaryl/α,β-unsaturated/α-hetero) is 1. The van der Waals surface area contributed by atoms with E-state index in [-0.39, 0.29) is 43.4 Å². The Kier molecular flexibility index (Phi) is 10.0. The monoisotopic (exact) mass is 771 g/mol. The van der Waals surface area contributed by atoms with Crippen molar-refractivity contribution in [3.8, 4) is 5.19 Å². The number of aromatic nitrogens is 1. The van der Waals surface area contributed by atoms with Crippen molar-refractivity contribution >= 4 is 49.2 Å². The summed E-state index contributed by atoms with van der Waals surface area (Å²) in [6.07, 6.45) is 3.19. The van der Waals surface area contributed by atoms with Gasteiger partial charge in [0, 0.05) is 18.8 Å². The summed E-state index contributed by atoms with van der Waals surface area (Å²) < 4.78 is 76.1. The van der Waals surface area contributed by atoms with E-state index in [1.54, 1.807) is 19.9 Å². The molecule has 7 rings (SSSR count). The van der Waals surface area contributed by atoms with Crippen LogP contribution in [-0.2, 0) is 37.0 Å². The maximum atomic E-state index is 14.6. The zero-order valence-corrected chi connectivity index (χ0v) is 31.4. The fourth-order valence-corrected chi connectivity index (χ4v) is 10.1. The Balaban J connectivity index is 1.20. The molecule has 1 N–H and O–H groups in total. The molecule has 53 heavy (non-hydrogen) atoms. The summed E-state index contributed by atoms with van der Waals surface area (Å²) in [4.78, 5) is 49.0. The molecule has 0 bridgehead atoms. The Morgan fingerprint density at radius 2 is 1.89 bits per heavy atom. The number of amides is 2. The van der Waals surface area contributed by atoms with Gasteiger partial charge in [0.2, 0.25) is 21.8 Å². The quantitative estimate of drug-likeness (QED) is 0.250. The lowest BCUT2D eigenvalue weighted by atomic mass is 9.89. The van der Waals surface area contributed by atoms with Crippen LogP contribution in [0.15, 0.2) is 54.6 Å². The first kappa shape index (κ1) is 37.5. The third-order valence-corrected chi connectivity index (χ3v) is 14.5. The van der Waals surface area contributed by atoms with Crippen molar-refractivity contribution in [2.45, 2.75) is 108 Å². The molecule has 2 aliphatic carbocycles. The van der Waals surface area contributed by atoms with Gasteiger partial charge in [-0.15, -0.1) is 0 Å². The van der Waals surface area contributed by atoms with E-state index < -0.39 is 55.9 Å². The molecule has 14 heteroatoms. The SMILES string of the molecule is Cc1cc(C[C@H]2CCCCC/C=C\[C@H]3C[C@@]3(C(=O)NS(=O)(=O)C3(C)CC3)CC(=O)[C@@H]3C[C@@H](Oc4nc5ccccc5s4)CN3C2=O)cc(C(F)(F)F)c1. The second-order valence-electron chi connectivity index (χ2n) is 15.6. The summed E-state index contributed by atoms with van der Waals surface area (Å²) in [5, 5.41) is 0.386. The van der Waals surface area contributed by atoms with Crippen LogP contribution >= 0.6 is 11.3 Å². The number of carbonyl (C=O) groups is 3. The number of hydrogen-bond acceptors (Lipinski definition) is 8. The minimum absolute atomic E-state index is 0.0541. The van der Waals surface area contributed by atoms with E-state index in [9.17, 15) is 36.0 Å². The van der Waals surface area contributed by atoms with Crippen LogP contribution < -0.4 is 9.46 Å². The lowest BCUT2D eigenvalue weighted by Crippen LogP contribution is -2.47. The number of carbonyl (C=O) groups excluding carboxylic acids is 3. The van der Waals surface area contributed by atoms with Gasteiger partial charge in [-0.05, 0) is 94.5 Å². The highest BCUT2D eigenvalue weighted by molar-refractivity contribution is 7.91. The number of hydrogen-bond donors (Lipinski definition) is 1. The molecule has 2 aliphatic heterocycles. The number of sulfonamides is 1. The van der Waals surface area contributed by atoms with Crippen LogP contribution in [0.1, 0.15) is 87.8 Å². The van der Waals surface area contributed by atoms with E-state index in [4.69, 9.17) is 4.74 Å². The number of aryl methyl sites for hydroxylation is 1. The average molecular weight is 772 g/mol. The average Bonchev–Trinajstić information content (AvgIpc) is 3.90. The number of nitrogens with one attached hydrogen (secondary N) is 1. The number of rotatable bonds is 7. The lowest BCUT2D eigenvalue weighted by Gasteiger charge is -2.29. The highest BCUT2D eigenvalue weighted by Gasteiger charge is 2.62. The van der Waals surface area contributed by atoms with Crippen molar-refractivity contribution in [2.24, 2.45) is 17.3 Å². The van der Waals surface area contributed by atoms with E-state index in [1.807, 2.05) is 36.4 Å². The smallest absolute Gasteiger partial charge is 0.416 e. The van der Waals surface area contributed by atoms with E-state index in [2.05, 4.69) is 9.71 Å². The summed E-state index contributed by atoms with van der Waals surface area (Å²) in [6, 6.07) is 10.4. The van der Waals surface area contributed by atoms with Crippen molar-refractivity contribution in [1.29, 1.82) is 0 Å². The molecule has 3 heterocycles. The van der Waals surface area contributed by atoms with Crippen LogP contribution in [0.2, 0.25) is 0 Å². The fourth-order valence-electron chi connectivity index (χ4n) is 7.89. The Bertz CT molecular complexity index is 2030. The van der Waals surface area contributed by atoms with Gasteiger partial charge in [-0.3, -0.25) is 19.1 Å². The predicted octanol–water partition coefficient (Wildman–Crippen LogP) is 7.32. The Labute approximate surface area is 311 Å². The molecule has 4 aliphatic rings. The Morgan fingerprint density at radius 1 is 1.11 bits per heavy atom. The van der Waals surface area contributed by atoms with Crippen LogP contribution in [-0.4, -0.2) is 59.3 Å². The normalized spacial score (nSPS) is 28.4. The Hall–Kier alpha value is -3.78. The largest absolute Gasteiger partial charge is 0.465 e. The highest BCUT2D eigenvalue weighted by Crippen LogP contribution is 2.57. The number of alkyl halides is 3. The van der Waals surface area contributed by atoms with Crippen molar-refractivity contribution in [2.75, 3.05) is 6.54 Å². The molecule has 2 saturated carbocycles. The van der Waals surface area contributed by atoms with Crippen LogP contribution in [0.4, 0.5) is 13.2 Å². The van der Waals surface area contributed by atoms with Crippen molar-refractivity contribution in [3.63, 3.8) is 0 Å². The summed E-state index contributed by atoms with van der Waals surface area (Å²) in [6.45, 7) is 3.24. The predicted molar refractivity (Wildman–Crippen MR) is 195 cm³/mol. The first-order chi connectivity index (χ1) is 25.1. The summed E-state index contributed by atoms with van der Waals surface area (Å²) in [7, 11) is -3.96. The number of para-hydroxylation sites is 1. The number of ketones is 1.